The molecular weight excluding hydrogens is 346 g/mol. The fraction of sp³-hybridized carbons (Fsp3) is 0.600. The number of ether oxygens (including phenoxy) is 2. The van der Waals surface area contributed by atoms with Crippen LogP contribution in [0.4, 0.5) is 10.5 Å². The van der Waals surface area contributed by atoms with Crippen molar-refractivity contribution in [2.75, 3.05) is 31.6 Å². The van der Waals surface area contributed by atoms with E-state index in [1.54, 1.807) is 24.3 Å². The van der Waals surface area contributed by atoms with Gasteiger partial charge in [-0.25, -0.2) is 4.79 Å². The van der Waals surface area contributed by atoms with Gasteiger partial charge in [0.25, 0.3) is 5.91 Å². The second kappa shape index (κ2) is 10.3. The zero-order valence-corrected chi connectivity index (χ0v) is 16.5. The van der Waals surface area contributed by atoms with Crippen LogP contribution in [-0.4, -0.2) is 44.5 Å². The largest absolute Gasteiger partial charge is 0.352 e. The molecule has 1 aliphatic rings. The van der Waals surface area contributed by atoms with Crippen LogP contribution in [0, 0.1) is 5.41 Å². The Morgan fingerprint density at radius 2 is 1.78 bits per heavy atom. The van der Waals surface area contributed by atoms with E-state index in [1.165, 1.54) is 0 Å². The summed E-state index contributed by atoms with van der Waals surface area (Å²) in [4.78, 5) is 23.8. The maximum Gasteiger partial charge on any atom is 0.319 e. The second-order valence-electron chi connectivity index (χ2n) is 7.00. The van der Waals surface area contributed by atoms with Crippen LogP contribution in [0.25, 0.3) is 0 Å². The molecule has 3 amide bonds. The van der Waals surface area contributed by atoms with Crippen LogP contribution >= 0.6 is 0 Å². The van der Waals surface area contributed by atoms with Gasteiger partial charge in [-0.05, 0) is 50.5 Å². The van der Waals surface area contributed by atoms with Crippen LogP contribution < -0.4 is 16.0 Å². The van der Waals surface area contributed by atoms with Gasteiger partial charge in [0.2, 0.25) is 0 Å². The number of hydrogen-bond donors (Lipinski definition) is 3. The first-order valence-electron chi connectivity index (χ1n) is 9.65. The first-order valence-corrected chi connectivity index (χ1v) is 9.65. The molecule has 3 N–H and O–H groups in total. The van der Waals surface area contributed by atoms with Crippen LogP contribution in [0.1, 0.15) is 50.4 Å². The molecule has 27 heavy (non-hydrogen) atoms. The lowest BCUT2D eigenvalue weighted by Crippen LogP contribution is -2.35. The highest BCUT2D eigenvalue weighted by Gasteiger charge is 2.36. The monoisotopic (exact) mass is 377 g/mol. The van der Waals surface area contributed by atoms with Crippen molar-refractivity contribution in [1.82, 2.24) is 10.6 Å². The van der Waals surface area contributed by atoms with Crippen molar-refractivity contribution in [2.45, 2.75) is 46.3 Å². The van der Waals surface area contributed by atoms with Gasteiger partial charge in [-0.15, -0.1) is 0 Å². The van der Waals surface area contributed by atoms with E-state index in [-0.39, 0.29) is 23.6 Å². The van der Waals surface area contributed by atoms with E-state index in [9.17, 15) is 9.59 Å². The van der Waals surface area contributed by atoms with Crippen LogP contribution in [0.2, 0.25) is 0 Å². The lowest BCUT2D eigenvalue weighted by molar-refractivity contribution is -0.131. The Morgan fingerprint density at radius 1 is 1.11 bits per heavy atom. The Morgan fingerprint density at radius 3 is 2.37 bits per heavy atom. The zero-order valence-electron chi connectivity index (χ0n) is 16.5. The van der Waals surface area contributed by atoms with Gasteiger partial charge < -0.3 is 25.4 Å². The maximum atomic E-state index is 12.0. The van der Waals surface area contributed by atoms with Crippen LogP contribution in [0.5, 0.6) is 0 Å². The molecule has 1 aromatic carbocycles. The van der Waals surface area contributed by atoms with E-state index < -0.39 is 0 Å². The van der Waals surface area contributed by atoms with E-state index in [0.717, 1.165) is 19.3 Å². The average molecular weight is 377 g/mol. The predicted octanol–water partition coefficient (Wildman–Crippen LogP) is 3.13. The Bertz CT molecular complexity index is 614. The summed E-state index contributed by atoms with van der Waals surface area (Å²) >= 11 is 0. The molecule has 0 bridgehead atoms. The smallest absolute Gasteiger partial charge is 0.319 e. The number of urea groups is 1. The first-order chi connectivity index (χ1) is 13.0. The van der Waals surface area contributed by atoms with Crippen molar-refractivity contribution >= 4 is 17.6 Å². The van der Waals surface area contributed by atoms with Gasteiger partial charge in [0.1, 0.15) is 0 Å². The number of anilines is 1. The topological polar surface area (TPSA) is 88.7 Å². The number of rotatable bonds is 9. The number of amides is 3. The molecule has 1 aliphatic heterocycles. The summed E-state index contributed by atoms with van der Waals surface area (Å²) < 4.78 is 11.3. The summed E-state index contributed by atoms with van der Waals surface area (Å²) in [5.41, 5.74) is 1.17. The van der Waals surface area contributed by atoms with Crippen molar-refractivity contribution in [3.63, 3.8) is 0 Å². The van der Waals surface area contributed by atoms with Crippen molar-refractivity contribution in [3.8, 4) is 0 Å². The van der Waals surface area contributed by atoms with Gasteiger partial charge in [-0.1, -0.05) is 13.8 Å². The molecule has 150 valence electrons. The Kier molecular flexibility index (Phi) is 8.06. The molecule has 0 spiro atoms. The predicted molar refractivity (Wildman–Crippen MR) is 105 cm³/mol. The Labute approximate surface area is 161 Å². The molecule has 1 saturated heterocycles. The third kappa shape index (κ3) is 6.22. The van der Waals surface area contributed by atoms with Crippen LogP contribution in [0.15, 0.2) is 24.3 Å². The molecule has 7 nitrogen and oxygen atoms in total. The number of carbonyl (C=O) groups is 2. The second-order valence-corrected chi connectivity index (χ2v) is 7.00. The summed E-state index contributed by atoms with van der Waals surface area (Å²) in [7, 11) is 0. The highest BCUT2D eigenvalue weighted by atomic mass is 16.7. The summed E-state index contributed by atoms with van der Waals surface area (Å²) in [6.45, 7) is 8.63. The maximum absolute atomic E-state index is 12.0. The molecule has 0 aliphatic carbocycles. The van der Waals surface area contributed by atoms with Gasteiger partial charge in [-0.2, -0.15) is 0 Å². The first kappa shape index (κ1) is 21.2. The van der Waals surface area contributed by atoms with E-state index in [2.05, 4.69) is 29.8 Å². The van der Waals surface area contributed by atoms with Gasteiger partial charge in [0.05, 0.1) is 13.2 Å². The standard InChI is InChI=1S/C20H31N3O4/c1-4-20(3,18-26-13-14-27-18)11-6-12-22-19(25)23-16-9-7-15(8-10-16)17(24)21-5-2/h7-10,18H,4-6,11-14H2,1-3H3,(H,21,24)(H2,22,23,25)/t20-/m1/s1. The third-order valence-electron chi connectivity index (χ3n) is 4.95. The molecule has 1 fully saturated rings. The van der Waals surface area contributed by atoms with Gasteiger partial charge >= 0.3 is 6.03 Å². The molecule has 0 radical (unpaired) electrons. The molecule has 7 heteroatoms. The van der Waals surface area contributed by atoms with E-state index in [0.29, 0.717) is 37.6 Å². The molecular formula is C20H31N3O4. The average Bonchev–Trinajstić information content (AvgIpc) is 3.21. The zero-order chi connectivity index (χ0) is 19.7. The Balaban J connectivity index is 1.72. The van der Waals surface area contributed by atoms with Crippen molar-refractivity contribution in [1.29, 1.82) is 0 Å². The van der Waals surface area contributed by atoms with E-state index >= 15 is 0 Å². The molecule has 0 unspecified atom stereocenters. The van der Waals surface area contributed by atoms with Gasteiger partial charge in [0.15, 0.2) is 6.29 Å². The molecule has 1 aromatic rings. The quantitative estimate of drug-likeness (QED) is 0.577. The highest BCUT2D eigenvalue weighted by Crippen LogP contribution is 2.35. The minimum absolute atomic E-state index is 0.0381. The minimum Gasteiger partial charge on any atom is -0.352 e. The molecule has 0 aromatic heterocycles. The number of hydrogen-bond acceptors (Lipinski definition) is 4. The van der Waals surface area contributed by atoms with E-state index in [4.69, 9.17) is 9.47 Å². The van der Waals surface area contributed by atoms with Crippen molar-refractivity contribution < 1.29 is 19.1 Å². The number of carbonyl (C=O) groups excluding carboxylic acids is 2. The summed E-state index contributed by atoms with van der Waals surface area (Å²) in [5, 5.41) is 8.38. The lowest BCUT2D eigenvalue weighted by Gasteiger charge is -2.33. The molecule has 1 heterocycles. The molecule has 0 saturated carbocycles. The van der Waals surface area contributed by atoms with Gasteiger partial charge in [0, 0.05) is 29.8 Å². The number of benzene rings is 1. The van der Waals surface area contributed by atoms with E-state index in [1.807, 2.05) is 6.92 Å². The molecule has 2 rings (SSSR count). The summed E-state index contributed by atoms with van der Waals surface area (Å²) in [6.07, 6.45) is 2.56. The lowest BCUT2D eigenvalue weighted by atomic mass is 9.82. The third-order valence-corrected chi connectivity index (χ3v) is 4.95. The molecule has 1 atom stereocenters. The fourth-order valence-electron chi connectivity index (χ4n) is 3.06. The van der Waals surface area contributed by atoms with Crippen LogP contribution in [0.3, 0.4) is 0 Å². The fourth-order valence-corrected chi connectivity index (χ4v) is 3.06. The van der Waals surface area contributed by atoms with Crippen molar-refractivity contribution in [2.24, 2.45) is 5.41 Å². The Hall–Kier alpha value is -2.12. The highest BCUT2D eigenvalue weighted by molar-refractivity contribution is 5.95. The normalized spacial score (nSPS) is 16.6. The summed E-state index contributed by atoms with van der Waals surface area (Å²) in [6, 6.07) is 6.55. The number of nitrogens with one attached hydrogen (secondary N) is 3. The minimum atomic E-state index is -0.257. The SMILES string of the molecule is CCNC(=O)c1ccc(NC(=O)NCCC[C@@](C)(CC)C2OCCO2)cc1. The van der Waals surface area contributed by atoms with Crippen molar-refractivity contribution in [3.05, 3.63) is 29.8 Å². The van der Waals surface area contributed by atoms with Gasteiger partial charge in [-0.3, -0.25) is 4.79 Å². The summed E-state index contributed by atoms with van der Waals surface area (Å²) in [5.74, 6) is -0.123. The van der Waals surface area contributed by atoms with Crippen LogP contribution in [-0.2, 0) is 9.47 Å².